The minimum absolute atomic E-state index is 0.241. The Kier molecular flexibility index (Phi) is 6.44. The van der Waals surface area contributed by atoms with Crippen LogP contribution in [0.4, 0.5) is 17.2 Å². The van der Waals surface area contributed by atoms with Crippen LogP contribution in [0, 0.1) is 6.92 Å². The highest BCUT2D eigenvalue weighted by atomic mass is 16.1. The fraction of sp³-hybridized carbons (Fsp3) is 0.346. The van der Waals surface area contributed by atoms with Crippen molar-refractivity contribution in [3.05, 3.63) is 66.5 Å². The van der Waals surface area contributed by atoms with Crippen molar-refractivity contribution in [3.8, 4) is 0 Å². The molecule has 172 valence electrons. The molecule has 1 aliphatic heterocycles. The Bertz CT molecular complexity index is 1180. The number of fused-ring (bicyclic) bond motifs is 1. The van der Waals surface area contributed by atoms with E-state index in [1.54, 1.807) is 6.33 Å². The minimum Gasteiger partial charge on any atom is -0.340 e. The largest absolute Gasteiger partial charge is 0.340 e. The molecule has 3 aromatic rings. The Morgan fingerprint density at radius 2 is 1.88 bits per heavy atom. The Labute approximate surface area is 195 Å². The van der Waals surface area contributed by atoms with Gasteiger partial charge in [-0.1, -0.05) is 18.7 Å². The molecule has 7 heteroatoms. The van der Waals surface area contributed by atoms with E-state index in [0.29, 0.717) is 5.82 Å². The van der Waals surface area contributed by atoms with E-state index < -0.39 is 0 Å². The molecule has 0 bridgehead atoms. The Morgan fingerprint density at radius 3 is 2.58 bits per heavy atom. The van der Waals surface area contributed by atoms with Gasteiger partial charge in [0, 0.05) is 48.5 Å². The number of aryl methyl sites for hydroxylation is 1. The zero-order valence-corrected chi connectivity index (χ0v) is 19.9. The van der Waals surface area contributed by atoms with Gasteiger partial charge >= 0.3 is 0 Å². The van der Waals surface area contributed by atoms with Crippen molar-refractivity contribution in [2.24, 2.45) is 0 Å². The molecule has 2 N–H and O–H groups in total. The minimum atomic E-state index is -0.297. The van der Waals surface area contributed by atoms with Gasteiger partial charge in [-0.2, -0.15) is 0 Å². The summed E-state index contributed by atoms with van der Waals surface area (Å²) >= 11 is 0. The molecule has 7 nitrogen and oxygen atoms in total. The molecule has 0 radical (unpaired) electrons. The van der Waals surface area contributed by atoms with Crippen LogP contribution in [0.25, 0.3) is 10.9 Å². The molecule has 4 rings (SSSR count). The summed E-state index contributed by atoms with van der Waals surface area (Å²) in [6.45, 7) is 14.0. The zero-order valence-electron chi connectivity index (χ0n) is 19.9. The molecular formula is C26H32N6O. The van der Waals surface area contributed by atoms with E-state index in [9.17, 15) is 4.79 Å². The standard InChI is InChI=1S/C26H32N6O/c1-6-24(33)30-23-15-20-22(16-21(23)26(3,4)32-12-10-31(5)11-13-32)27-17-28-25(20)29-19-9-7-8-18(2)14-19/h6-9,14-17H,1,10-13H2,2-5H3,(H,30,33)(H,27,28,29). The van der Waals surface area contributed by atoms with Gasteiger partial charge in [-0.25, -0.2) is 9.97 Å². The van der Waals surface area contributed by atoms with Gasteiger partial charge in [0.15, 0.2) is 0 Å². The summed E-state index contributed by atoms with van der Waals surface area (Å²) in [4.78, 5) is 26.2. The zero-order chi connectivity index (χ0) is 23.6. The topological polar surface area (TPSA) is 73.4 Å². The Balaban J connectivity index is 1.80. The van der Waals surface area contributed by atoms with Crippen molar-refractivity contribution in [2.75, 3.05) is 43.9 Å². The molecule has 1 aromatic heterocycles. The van der Waals surface area contributed by atoms with Crippen molar-refractivity contribution in [1.82, 2.24) is 19.8 Å². The van der Waals surface area contributed by atoms with Gasteiger partial charge in [0.05, 0.1) is 5.52 Å². The third-order valence-corrected chi connectivity index (χ3v) is 6.45. The molecule has 0 atom stereocenters. The number of rotatable bonds is 6. The molecule has 1 saturated heterocycles. The third-order valence-electron chi connectivity index (χ3n) is 6.45. The van der Waals surface area contributed by atoms with Crippen LogP contribution in [0.5, 0.6) is 0 Å². The molecule has 1 aliphatic rings. The summed E-state index contributed by atoms with van der Waals surface area (Å²) in [7, 11) is 2.15. The van der Waals surface area contributed by atoms with Crippen molar-refractivity contribution < 1.29 is 4.79 Å². The fourth-order valence-electron chi connectivity index (χ4n) is 4.39. The molecular weight excluding hydrogens is 412 g/mol. The summed E-state index contributed by atoms with van der Waals surface area (Å²) in [5.74, 6) is 0.457. The van der Waals surface area contributed by atoms with Crippen LogP contribution in [0.3, 0.4) is 0 Å². The number of anilines is 3. The number of aromatic nitrogens is 2. The lowest BCUT2D eigenvalue weighted by Gasteiger charge is -2.44. The lowest BCUT2D eigenvalue weighted by molar-refractivity contribution is -0.111. The van der Waals surface area contributed by atoms with E-state index in [1.807, 2.05) is 18.2 Å². The maximum Gasteiger partial charge on any atom is 0.247 e. The predicted octanol–water partition coefficient (Wildman–Crippen LogP) is 4.29. The number of carbonyl (C=O) groups excluding carboxylic acids is 1. The Hall–Kier alpha value is -3.29. The molecule has 2 heterocycles. The molecule has 0 unspecified atom stereocenters. The van der Waals surface area contributed by atoms with Crippen LogP contribution in [-0.2, 0) is 10.3 Å². The first-order valence-electron chi connectivity index (χ1n) is 11.3. The molecule has 1 amide bonds. The summed E-state index contributed by atoms with van der Waals surface area (Å²) < 4.78 is 0. The lowest BCUT2D eigenvalue weighted by atomic mass is 9.88. The molecule has 0 spiro atoms. The van der Waals surface area contributed by atoms with Crippen LogP contribution in [-0.4, -0.2) is 58.9 Å². The van der Waals surface area contributed by atoms with Crippen LogP contribution < -0.4 is 10.6 Å². The highest BCUT2D eigenvalue weighted by molar-refractivity contribution is 6.02. The number of piperazine rings is 1. The van der Waals surface area contributed by atoms with Gasteiger partial charge in [0.2, 0.25) is 5.91 Å². The van der Waals surface area contributed by atoms with E-state index in [1.165, 1.54) is 6.08 Å². The number of hydrogen-bond acceptors (Lipinski definition) is 6. The number of benzene rings is 2. The molecule has 33 heavy (non-hydrogen) atoms. The first-order valence-corrected chi connectivity index (χ1v) is 11.3. The predicted molar refractivity (Wildman–Crippen MR) is 135 cm³/mol. The van der Waals surface area contributed by atoms with Crippen LogP contribution in [0.1, 0.15) is 25.0 Å². The average Bonchev–Trinajstić information content (AvgIpc) is 2.79. The van der Waals surface area contributed by atoms with E-state index in [2.05, 4.69) is 83.0 Å². The second-order valence-corrected chi connectivity index (χ2v) is 9.17. The van der Waals surface area contributed by atoms with Crippen molar-refractivity contribution in [3.63, 3.8) is 0 Å². The third kappa shape index (κ3) is 4.89. The second kappa shape index (κ2) is 9.29. The normalized spacial score (nSPS) is 15.4. The first-order chi connectivity index (χ1) is 15.8. The smallest absolute Gasteiger partial charge is 0.247 e. The number of amides is 1. The van der Waals surface area contributed by atoms with Gasteiger partial charge in [0.1, 0.15) is 12.1 Å². The van der Waals surface area contributed by atoms with Crippen LogP contribution in [0.2, 0.25) is 0 Å². The Morgan fingerprint density at radius 1 is 1.12 bits per heavy atom. The summed E-state index contributed by atoms with van der Waals surface area (Å²) in [5, 5.41) is 7.28. The van der Waals surface area contributed by atoms with Gasteiger partial charge in [-0.05, 0) is 69.3 Å². The lowest BCUT2D eigenvalue weighted by Crippen LogP contribution is -2.52. The fourth-order valence-corrected chi connectivity index (χ4v) is 4.39. The molecule has 0 aliphatic carbocycles. The van der Waals surface area contributed by atoms with E-state index in [-0.39, 0.29) is 11.4 Å². The number of nitrogens with one attached hydrogen (secondary N) is 2. The van der Waals surface area contributed by atoms with Gasteiger partial charge in [0.25, 0.3) is 0 Å². The second-order valence-electron chi connectivity index (χ2n) is 9.17. The summed E-state index contributed by atoms with van der Waals surface area (Å²) in [5.41, 5.74) is 4.42. The van der Waals surface area contributed by atoms with Crippen LogP contribution >= 0.6 is 0 Å². The van der Waals surface area contributed by atoms with Crippen molar-refractivity contribution in [2.45, 2.75) is 26.3 Å². The van der Waals surface area contributed by atoms with E-state index in [4.69, 9.17) is 0 Å². The summed E-state index contributed by atoms with van der Waals surface area (Å²) in [6, 6.07) is 12.2. The quantitative estimate of drug-likeness (QED) is 0.553. The number of hydrogen-bond donors (Lipinski definition) is 2. The van der Waals surface area contributed by atoms with Crippen molar-refractivity contribution in [1.29, 1.82) is 0 Å². The van der Waals surface area contributed by atoms with Crippen LogP contribution in [0.15, 0.2) is 55.4 Å². The first kappa shape index (κ1) is 22.9. The maximum absolute atomic E-state index is 12.3. The van der Waals surface area contributed by atoms with E-state index >= 15 is 0 Å². The highest BCUT2D eigenvalue weighted by Crippen LogP contribution is 2.38. The summed E-state index contributed by atoms with van der Waals surface area (Å²) in [6.07, 6.45) is 2.87. The molecule has 1 fully saturated rings. The van der Waals surface area contributed by atoms with Gasteiger partial charge < -0.3 is 15.5 Å². The molecule has 2 aromatic carbocycles. The van der Waals surface area contributed by atoms with Crippen molar-refractivity contribution >= 4 is 34.0 Å². The van der Waals surface area contributed by atoms with E-state index in [0.717, 1.165) is 59.6 Å². The molecule has 0 saturated carbocycles. The maximum atomic E-state index is 12.3. The van der Waals surface area contributed by atoms with Gasteiger partial charge in [-0.15, -0.1) is 0 Å². The SMILES string of the molecule is C=CC(=O)Nc1cc2c(Nc3cccc(C)c3)ncnc2cc1C(C)(C)N1CCN(C)CC1. The highest BCUT2D eigenvalue weighted by Gasteiger charge is 2.33. The number of carbonyl (C=O) groups is 1. The average molecular weight is 445 g/mol. The number of nitrogens with zero attached hydrogens (tertiary/aromatic N) is 4. The number of likely N-dealkylation sites (N-methyl/N-ethyl adjacent to an activating group) is 1. The monoisotopic (exact) mass is 444 g/mol. The van der Waals surface area contributed by atoms with Gasteiger partial charge in [-0.3, -0.25) is 9.69 Å².